The first-order valence-electron chi connectivity index (χ1n) is 20.2. The highest BCUT2D eigenvalue weighted by molar-refractivity contribution is 6.14. The van der Waals surface area contributed by atoms with Crippen molar-refractivity contribution < 1.29 is 0 Å². The second-order valence-electron chi connectivity index (χ2n) is 17.9. The maximum Gasteiger partial charge on any atom is 0.0561 e. The van der Waals surface area contributed by atoms with E-state index in [1.165, 1.54) is 87.3 Å². The van der Waals surface area contributed by atoms with Crippen LogP contribution >= 0.6 is 0 Å². The number of hydrogen-bond acceptors (Lipinski definition) is 0. The number of nitrogens with zero attached hydrogens (tertiary/aromatic N) is 3. The van der Waals surface area contributed by atoms with Crippen molar-refractivity contribution in [1.29, 1.82) is 0 Å². The van der Waals surface area contributed by atoms with E-state index in [1.807, 2.05) is 0 Å². The SMILES string of the molecule is CC(C)(C)c1ccc2c(c1)c1ccccc1n2-c1ccc2c3ccc(-n4c5ccccc5c5cc(C(C)(C)C)ccc54)cc3n(-c3ccc4ccccc4c3)c2c1. The summed E-state index contributed by atoms with van der Waals surface area (Å²) in [6.07, 6.45) is 0. The Morgan fingerprint density at radius 1 is 0.281 bits per heavy atom. The lowest BCUT2D eigenvalue weighted by molar-refractivity contribution is 0.591. The largest absolute Gasteiger partial charge is 0.309 e. The number of aromatic nitrogens is 3. The Morgan fingerprint density at radius 2 is 0.667 bits per heavy atom. The molecule has 0 amide bonds. The molecule has 0 saturated carbocycles. The first kappa shape index (κ1) is 33.7. The molecule has 11 aromatic rings. The van der Waals surface area contributed by atoms with E-state index in [4.69, 9.17) is 0 Å². The fourth-order valence-electron chi connectivity index (χ4n) is 9.30. The van der Waals surface area contributed by atoms with Crippen molar-refractivity contribution in [2.24, 2.45) is 0 Å². The van der Waals surface area contributed by atoms with Gasteiger partial charge in [0.05, 0.1) is 33.1 Å². The molecule has 3 heterocycles. The van der Waals surface area contributed by atoms with Crippen molar-refractivity contribution >= 4 is 76.2 Å². The summed E-state index contributed by atoms with van der Waals surface area (Å²) < 4.78 is 7.39. The van der Waals surface area contributed by atoms with E-state index in [2.05, 4.69) is 219 Å². The quantitative estimate of drug-likeness (QED) is 0.172. The van der Waals surface area contributed by atoms with Gasteiger partial charge in [0.25, 0.3) is 0 Å². The molecule has 0 N–H and O–H groups in total. The predicted octanol–water partition coefficient (Wildman–Crippen LogP) is 14.7. The van der Waals surface area contributed by atoms with E-state index in [9.17, 15) is 0 Å². The topological polar surface area (TPSA) is 14.8 Å². The Morgan fingerprint density at radius 3 is 1.18 bits per heavy atom. The fraction of sp³-hybridized carbons (Fsp3) is 0.148. The van der Waals surface area contributed by atoms with Gasteiger partial charge < -0.3 is 13.7 Å². The second kappa shape index (κ2) is 12.0. The number of fused-ring (bicyclic) bond motifs is 10. The molecule has 0 spiro atoms. The van der Waals surface area contributed by atoms with Gasteiger partial charge in [0.15, 0.2) is 0 Å². The lowest BCUT2D eigenvalue weighted by Crippen LogP contribution is -2.10. The first-order chi connectivity index (χ1) is 27.5. The summed E-state index contributed by atoms with van der Waals surface area (Å²) >= 11 is 0. The Bertz CT molecular complexity index is 3240. The number of rotatable bonds is 3. The molecule has 0 aliphatic rings. The second-order valence-corrected chi connectivity index (χ2v) is 17.9. The minimum absolute atomic E-state index is 0.0601. The summed E-state index contributed by atoms with van der Waals surface area (Å²) in [6, 6.07) is 61.4. The third-order valence-corrected chi connectivity index (χ3v) is 12.3. The van der Waals surface area contributed by atoms with Crippen LogP contribution in [0.4, 0.5) is 0 Å². The van der Waals surface area contributed by atoms with E-state index in [0.717, 1.165) is 17.1 Å². The molecule has 0 unspecified atom stereocenters. The van der Waals surface area contributed by atoms with E-state index >= 15 is 0 Å². The van der Waals surface area contributed by atoms with Gasteiger partial charge in [-0.1, -0.05) is 133 Å². The highest BCUT2D eigenvalue weighted by atomic mass is 15.0. The molecule has 57 heavy (non-hydrogen) atoms. The van der Waals surface area contributed by atoms with Gasteiger partial charge in [-0.2, -0.15) is 0 Å². The summed E-state index contributed by atoms with van der Waals surface area (Å²) in [4.78, 5) is 0. The Balaban J connectivity index is 1.20. The van der Waals surface area contributed by atoms with Gasteiger partial charge >= 0.3 is 0 Å². The van der Waals surface area contributed by atoms with Crippen molar-refractivity contribution in [2.45, 2.75) is 52.4 Å². The monoisotopic (exact) mass is 735 g/mol. The van der Waals surface area contributed by atoms with Crippen LogP contribution in [-0.2, 0) is 10.8 Å². The Hall–Kier alpha value is -6.58. The van der Waals surface area contributed by atoms with Gasteiger partial charge in [0.1, 0.15) is 0 Å². The van der Waals surface area contributed by atoms with Crippen LogP contribution in [0.25, 0.3) is 93.3 Å². The van der Waals surface area contributed by atoms with Crippen LogP contribution in [0.2, 0.25) is 0 Å². The van der Waals surface area contributed by atoms with Gasteiger partial charge in [-0.05, 0) is 106 Å². The number of hydrogen-bond donors (Lipinski definition) is 0. The molecule has 0 saturated heterocycles. The molecule has 0 aliphatic heterocycles. The molecule has 0 aliphatic carbocycles. The zero-order valence-electron chi connectivity index (χ0n) is 33.4. The molecule has 0 fully saturated rings. The molecule has 0 radical (unpaired) electrons. The molecule has 3 nitrogen and oxygen atoms in total. The fourth-order valence-corrected chi connectivity index (χ4v) is 9.30. The standard InChI is InChI=1S/C54H45N3/c1-53(2,3)36-20-27-49-45(30-36)41-15-9-11-17-47(41)55(49)39-23-25-43-44-26-24-40(33-52(44)57(51(43)32-39)38-22-19-34-13-7-8-14-35(34)29-38)56-48-18-12-10-16-42(48)46-31-37(54(4,5)6)21-28-50(46)56/h7-33H,1-6H3. The molecule has 11 rings (SSSR count). The van der Waals surface area contributed by atoms with Gasteiger partial charge in [0, 0.05) is 49.4 Å². The molecule has 3 heteroatoms. The summed E-state index contributed by atoms with van der Waals surface area (Å²) in [5.74, 6) is 0. The van der Waals surface area contributed by atoms with Gasteiger partial charge in [-0.3, -0.25) is 0 Å². The van der Waals surface area contributed by atoms with Crippen LogP contribution < -0.4 is 0 Å². The van der Waals surface area contributed by atoms with Crippen molar-refractivity contribution in [2.75, 3.05) is 0 Å². The predicted molar refractivity (Wildman–Crippen MR) is 244 cm³/mol. The lowest BCUT2D eigenvalue weighted by Gasteiger charge is -2.19. The lowest BCUT2D eigenvalue weighted by atomic mass is 9.86. The number of para-hydroxylation sites is 2. The van der Waals surface area contributed by atoms with Gasteiger partial charge in [-0.15, -0.1) is 0 Å². The third-order valence-electron chi connectivity index (χ3n) is 12.3. The Labute approximate surface area is 333 Å². The van der Waals surface area contributed by atoms with Crippen molar-refractivity contribution in [3.63, 3.8) is 0 Å². The summed E-state index contributed by atoms with van der Waals surface area (Å²) in [5, 5.41) is 10.1. The minimum atomic E-state index is 0.0601. The van der Waals surface area contributed by atoms with Crippen LogP contribution in [-0.4, -0.2) is 13.7 Å². The molecule has 276 valence electrons. The zero-order valence-corrected chi connectivity index (χ0v) is 33.4. The van der Waals surface area contributed by atoms with Crippen molar-refractivity contribution in [3.8, 4) is 17.1 Å². The van der Waals surface area contributed by atoms with Crippen molar-refractivity contribution in [3.05, 3.63) is 175 Å². The maximum absolute atomic E-state index is 2.49. The maximum atomic E-state index is 2.49. The van der Waals surface area contributed by atoms with Crippen LogP contribution in [0.15, 0.2) is 164 Å². The Kier molecular flexibility index (Phi) is 7.08. The van der Waals surface area contributed by atoms with Crippen LogP contribution in [0.1, 0.15) is 52.7 Å². The van der Waals surface area contributed by atoms with Crippen LogP contribution in [0.3, 0.4) is 0 Å². The molecule has 8 aromatic carbocycles. The van der Waals surface area contributed by atoms with Gasteiger partial charge in [-0.25, -0.2) is 0 Å². The highest BCUT2D eigenvalue weighted by Gasteiger charge is 2.22. The highest BCUT2D eigenvalue weighted by Crippen LogP contribution is 2.41. The van der Waals surface area contributed by atoms with Crippen LogP contribution in [0.5, 0.6) is 0 Å². The normalized spacial score (nSPS) is 12.7. The van der Waals surface area contributed by atoms with E-state index in [1.54, 1.807) is 0 Å². The first-order valence-corrected chi connectivity index (χ1v) is 20.2. The summed E-state index contributed by atoms with van der Waals surface area (Å²) in [5.41, 5.74) is 13.5. The van der Waals surface area contributed by atoms with E-state index in [0.29, 0.717) is 0 Å². The third kappa shape index (κ3) is 5.11. The molecule has 0 atom stereocenters. The molecule has 3 aromatic heterocycles. The average Bonchev–Trinajstić information content (AvgIpc) is 3.84. The van der Waals surface area contributed by atoms with E-state index < -0.39 is 0 Å². The molecular weight excluding hydrogens is 691 g/mol. The molecular formula is C54H45N3. The molecule has 0 bridgehead atoms. The van der Waals surface area contributed by atoms with Crippen molar-refractivity contribution in [1.82, 2.24) is 13.7 Å². The van der Waals surface area contributed by atoms with E-state index in [-0.39, 0.29) is 10.8 Å². The summed E-state index contributed by atoms with van der Waals surface area (Å²) in [7, 11) is 0. The van der Waals surface area contributed by atoms with Crippen LogP contribution in [0, 0.1) is 0 Å². The summed E-state index contributed by atoms with van der Waals surface area (Å²) in [6.45, 7) is 13.8. The average molecular weight is 736 g/mol. The number of benzene rings is 8. The van der Waals surface area contributed by atoms with Gasteiger partial charge in [0.2, 0.25) is 0 Å². The smallest absolute Gasteiger partial charge is 0.0561 e. The zero-order chi connectivity index (χ0) is 38.8. The minimum Gasteiger partial charge on any atom is -0.309 e.